The van der Waals surface area contributed by atoms with E-state index in [0.717, 1.165) is 19.0 Å². The highest BCUT2D eigenvalue weighted by atomic mass is 16.5. The smallest absolute Gasteiger partial charge is 0.0667 e. The molecule has 0 radical (unpaired) electrons. The van der Waals surface area contributed by atoms with Crippen LogP contribution in [0.5, 0.6) is 0 Å². The van der Waals surface area contributed by atoms with Crippen molar-refractivity contribution in [1.82, 2.24) is 10.2 Å². The molecule has 1 aliphatic heterocycles. The van der Waals surface area contributed by atoms with Gasteiger partial charge in [0.25, 0.3) is 0 Å². The summed E-state index contributed by atoms with van der Waals surface area (Å²) in [6.45, 7) is 6.72. The molecule has 1 heterocycles. The Hall–Kier alpha value is -0.120. The number of nitrogens with zero attached hydrogens (tertiary/aromatic N) is 1. The Morgan fingerprint density at radius 2 is 2.36 bits per heavy atom. The van der Waals surface area contributed by atoms with Crippen LogP contribution in [-0.2, 0) is 4.74 Å². The van der Waals surface area contributed by atoms with Gasteiger partial charge in [0.15, 0.2) is 0 Å². The number of rotatable bonds is 5. The Labute approximate surface area is 87.8 Å². The van der Waals surface area contributed by atoms with Gasteiger partial charge in [-0.3, -0.25) is 0 Å². The highest BCUT2D eigenvalue weighted by Gasteiger charge is 2.16. The second-order valence-electron chi connectivity index (χ2n) is 4.48. The molecule has 0 aromatic carbocycles. The molecule has 0 aromatic rings. The van der Waals surface area contributed by atoms with Gasteiger partial charge >= 0.3 is 0 Å². The molecule has 84 valence electrons. The molecule has 2 atom stereocenters. The Balaban J connectivity index is 2.05. The first-order chi connectivity index (χ1) is 6.72. The number of methoxy groups -OCH3 is 1. The van der Waals surface area contributed by atoms with Gasteiger partial charge in [-0.1, -0.05) is 0 Å². The van der Waals surface area contributed by atoms with Crippen LogP contribution in [0.15, 0.2) is 0 Å². The highest BCUT2D eigenvalue weighted by molar-refractivity contribution is 4.72. The molecule has 0 amide bonds. The van der Waals surface area contributed by atoms with Crippen molar-refractivity contribution in [2.24, 2.45) is 5.92 Å². The van der Waals surface area contributed by atoms with E-state index in [1.165, 1.54) is 25.9 Å². The lowest BCUT2D eigenvalue weighted by Gasteiger charge is -2.30. The maximum Gasteiger partial charge on any atom is 0.0667 e. The quantitative estimate of drug-likeness (QED) is 0.715. The summed E-state index contributed by atoms with van der Waals surface area (Å²) in [5, 5.41) is 3.47. The minimum Gasteiger partial charge on any atom is -0.380 e. The molecule has 1 N–H and O–H groups in total. The lowest BCUT2D eigenvalue weighted by atomic mass is 9.98. The Kier molecular flexibility index (Phi) is 5.45. The van der Waals surface area contributed by atoms with Crippen LogP contribution in [0.3, 0.4) is 0 Å². The molecule has 1 saturated heterocycles. The van der Waals surface area contributed by atoms with Crippen LogP contribution in [-0.4, -0.2) is 51.3 Å². The molecule has 0 bridgehead atoms. The maximum absolute atomic E-state index is 5.19. The summed E-state index contributed by atoms with van der Waals surface area (Å²) in [4.78, 5) is 2.43. The zero-order valence-electron chi connectivity index (χ0n) is 9.75. The number of ether oxygens (including phenoxy) is 1. The number of hydrogen-bond acceptors (Lipinski definition) is 3. The van der Waals surface area contributed by atoms with Gasteiger partial charge in [-0.25, -0.2) is 0 Å². The van der Waals surface area contributed by atoms with Crippen molar-refractivity contribution in [1.29, 1.82) is 0 Å². The summed E-state index contributed by atoms with van der Waals surface area (Å²) in [6, 6.07) is 0. The van der Waals surface area contributed by atoms with Crippen LogP contribution >= 0.6 is 0 Å². The Morgan fingerprint density at radius 3 is 3.00 bits per heavy atom. The second-order valence-corrected chi connectivity index (χ2v) is 4.48. The van der Waals surface area contributed by atoms with E-state index in [9.17, 15) is 0 Å². The molecule has 3 heteroatoms. The fourth-order valence-electron chi connectivity index (χ4n) is 2.01. The van der Waals surface area contributed by atoms with Crippen LogP contribution in [0, 0.1) is 5.92 Å². The van der Waals surface area contributed by atoms with E-state index in [0.29, 0.717) is 6.10 Å². The summed E-state index contributed by atoms with van der Waals surface area (Å²) in [6.07, 6.45) is 3.05. The topological polar surface area (TPSA) is 24.5 Å². The third-order valence-corrected chi connectivity index (χ3v) is 2.99. The summed E-state index contributed by atoms with van der Waals surface area (Å²) >= 11 is 0. The number of piperidine rings is 1. The molecule has 0 saturated carbocycles. The van der Waals surface area contributed by atoms with Crippen molar-refractivity contribution in [3.8, 4) is 0 Å². The van der Waals surface area contributed by atoms with Crippen molar-refractivity contribution in [3.63, 3.8) is 0 Å². The van der Waals surface area contributed by atoms with Gasteiger partial charge < -0.3 is 15.0 Å². The average Bonchev–Trinajstić information content (AvgIpc) is 2.17. The van der Waals surface area contributed by atoms with E-state index in [1.807, 2.05) is 0 Å². The predicted molar refractivity (Wildman–Crippen MR) is 59.6 cm³/mol. The number of nitrogens with one attached hydrogen (secondary N) is 1. The molecule has 3 nitrogen and oxygen atoms in total. The fraction of sp³-hybridized carbons (Fsp3) is 1.00. The van der Waals surface area contributed by atoms with Crippen molar-refractivity contribution in [3.05, 3.63) is 0 Å². The first-order valence-corrected chi connectivity index (χ1v) is 5.64. The van der Waals surface area contributed by atoms with E-state index in [1.54, 1.807) is 7.11 Å². The summed E-state index contributed by atoms with van der Waals surface area (Å²) in [7, 11) is 3.98. The first-order valence-electron chi connectivity index (χ1n) is 5.64. The van der Waals surface area contributed by atoms with Crippen molar-refractivity contribution in [2.75, 3.05) is 40.3 Å². The van der Waals surface area contributed by atoms with Crippen molar-refractivity contribution < 1.29 is 4.74 Å². The molecule has 0 spiro atoms. The zero-order chi connectivity index (χ0) is 10.4. The lowest BCUT2D eigenvalue weighted by molar-refractivity contribution is 0.114. The fourth-order valence-corrected chi connectivity index (χ4v) is 2.01. The van der Waals surface area contributed by atoms with Crippen LogP contribution < -0.4 is 5.32 Å². The normalized spacial score (nSPS) is 26.4. The number of likely N-dealkylation sites (tertiary alicyclic amines) is 1. The Morgan fingerprint density at radius 1 is 1.57 bits per heavy atom. The van der Waals surface area contributed by atoms with Gasteiger partial charge in [-0.05, 0) is 45.8 Å². The molecule has 0 aliphatic carbocycles. The van der Waals surface area contributed by atoms with Crippen LogP contribution in [0.25, 0.3) is 0 Å². The molecule has 1 rings (SSSR count). The Bertz CT molecular complexity index is 152. The highest BCUT2D eigenvalue weighted by Crippen LogP contribution is 2.13. The molecule has 0 aromatic heterocycles. The SMILES string of the molecule is COC(C)CNCC1CCCN(C)C1. The minimum atomic E-state index is 0.330. The predicted octanol–water partition coefficient (Wildman–Crippen LogP) is 0.953. The third kappa shape index (κ3) is 4.40. The van der Waals surface area contributed by atoms with Gasteiger partial charge in [0, 0.05) is 20.2 Å². The van der Waals surface area contributed by atoms with Gasteiger partial charge in [0.1, 0.15) is 0 Å². The summed E-state index contributed by atoms with van der Waals surface area (Å²) in [5.74, 6) is 0.831. The molecule has 1 fully saturated rings. The van der Waals surface area contributed by atoms with Crippen molar-refractivity contribution >= 4 is 0 Å². The van der Waals surface area contributed by atoms with Crippen LogP contribution in [0.4, 0.5) is 0 Å². The van der Waals surface area contributed by atoms with Crippen LogP contribution in [0.1, 0.15) is 19.8 Å². The standard InChI is InChI=1S/C11H24N2O/c1-10(14-3)7-12-8-11-5-4-6-13(2)9-11/h10-12H,4-9H2,1-3H3. The monoisotopic (exact) mass is 200 g/mol. The third-order valence-electron chi connectivity index (χ3n) is 2.99. The molecular formula is C11H24N2O. The largest absolute Gasteiger partial charge is 0.380 e. The van der Waals surface area contributed by atoms with E-state index in [4.69, 9.17) is 4.74 Å². The lowest BCUT2D eigenvalue weighted by Crippen LogP contribution is -2.39. The zero-order valence-corrected chi connectivity index (χ0v) is 9.75. The van der Waals surface area contributed by atoms with Crippen LogP contribution in [0.2, 0.25) is 0 Å². The van der Waals surface area contributed by atoms with Gasteiger partial charge in [0.2, 0.25) is 0 Å². The summed E-state index contributed by atoms with van der Waals surface area (Å²) in [5.41, 5.74) is 0. The van der Waals surface area contributed by atoms with Gasteiger partial charge in [-0.2, -0.15) is 0 Å². The minimum absolute atomic E-state index is 0.330. The summed E-state index contributed by atoms with van der Waals surface area (Å²) < 4.78 is 5.19. The maximum atomic E-state index is 5.19. The van der Waals surface area contributed by atoms with E-state index < -0.39 is 0 Å². The molecule has 1 aliphatic rings. The van der Waals surface area contributed by atoms with E-state index >= 15 is 0 Å². The second kappa shape index (κ2) is 6.38. The van der Waals surface area contributed by atoms with Crippen molar-refractivity contribution in [2.45, 2.75) is 25.9 Å². The van der Waals surface area contributed by atoms with Gasteiger partial charge in [-0.15, -0.1) is 0 Å². The molecule has 2 unspecified atom stereocenters. The van der Waals surface area contributed by atoms with E-state index in [2.05, 4.69) is 24.2 Å². The number of hydrogen-bond donors (Lipinski definition) is 1. The first kappa shape index (κ1) is 12.0. The van der Waals surface area contributed by atoms with Gasteiger partial charge in [0.05, 0.1) is 6.10 Å². The van der Waals surface area contributed by atoms with E-state index in [-0.39, 0.29) is 0 Å². The molecular weight excluding hydrogens is 176 g/mol. The molecule has 14 heavy (non-hydrogen) atoms. The average molecular weight is 200 g/mol.